The molecule has 0 aliphatic carbocycles. The van der Waals surface area contributed by atoms with Gasteiger partial charge in [0.1, 0.15) is 6.29 Å². The molecule has 0 bridgehead atoms. The van der Waals surface area contributed by atoms with Gasteiger partial charge in [-0.25, -0.2) is 0 Å². The number of rotatable bonds is 5. The second-order valence-corrected chi connectivity index (χ2v) is 1.76. The van der Waals surface area contributed by atoms with Crippen molar-refractivity contribution in [3.8, 4) is 0 Å². The molecule has 0 fully saturated rings. The monoisotopic (exact) mass is 125 g/mol. The molecule has 2 nitrogen and oxygen atoms in total. The quantitative estimate of drug-likeness (QED) is 0.312. The van der Waals surface area contributed by atoms with Gasteiger partial charge in [-0.1, -0.05) is 6.58 Å². The number of unbranched alkanes of at least 4 members (excludes halogenated alkanes) is 1. The molecule has 0 atom stereocenters. The first-order chi connectivity index (χ1) is 4.31. The highest BCUT2D eigenvalue weighted by Crippen LogP contribution is 1.99. The summed E-state index contributed by atoms with van der Waals surface area (Å²) in [5, 5.41) is 0. The summed E-state index contributed by atoms with van der Waals surface area (Å²) in [6, 6.07) is 0. The van der Waals surface area contributed by atoms with Crippen molar-refractivity contribution < 1.29 is 9.59 Å². The second-order valence-electron chi connectivity index (χ2n) is 1.76. The first kappa shape index (κ1) is 8.08. The summed E-state index contributed by atoms with van der Waals surface area (Å²) in [5.41, 5.74) is 0.442. The van der Waals surface area contributed by atoms with Gasteiger partial charge in [-0.05, 0) is 18.4 Å². The van der Waals surface area contributed by atoms with Crippen molar-refractivity contribution in [2.24, 2.45) is 0 Å². The van der Waals surface area contributed by atoms with Gasteiger partial charge in [-0.3, -0.25) is 4.79 Å². The van der Waals surface area contributed by atoms with E-state index < -0.39 is 0 Å². The first-order valence-corrected chi connectivity index (χ1v) is 2.81. The molecule has 0 aromatic carbocycles. The highest BCUT2D eigenvalue weighted by molar-refractivity contribution is 5.72. The molecule has 0 aromatic heterocycles. The van der Waals surface area contributed by atoms with Gasteiger partial charge in [0.25, 0.3) is 0 Å². The Labute approximate surface area is 54.6 Å². The topological polar surface area (TPSA) is 34.1 Å². The molecule has 0 saturated carbocycles. The Bertz CT molecular complexity index is 116. The molecule has 0 amide bonds. The van der Waals surface area contributed by atoms with E-state index in [4.69, 9.17) is 0 Å². The average Bonchev–Trinajstić information content (AvgIpc) is 1.89. The van der Waals surface area contributed by atoms with E-state index in [0.717, 1.165) is 6.29 Å². The van der Waals surface area contributed by atoms with E-state index >= 15 is 0 Å². The fourth-order valence-corrected chi connectivity index (χ4v) is 0.450. The number of hydrogen-bond donors (Lipinski definition) is 0. The Kier molecular flexibility index (Phi) is 4.69. The van der Waals surface area contributed by atoms with Gasteiger partial charge in [0.05, 0.1) is 0 Å². The lowest BCUT2D eigenvalue weighted by Crippen LogP contribution is -1.83. The molecule has 0 aliphatic heterocycles. The van der Waals surface area contributed by atoms with Crippen molar-refractivity contribution in [3.63, 3.8) is 0 Å². The molecule has 0 heterocycles. The van der Waals surface area contributed by atoms with Crippen LogP contribution in [-0.2, 0) is 9.59 Å². The molecule has 0 unspecified atom stereocenters. The van der Waals surface area contributed by atoms with Gasteiger partial charge in [0.15, 0.2) is 0 Å². The molecule has 2 heteroatoms. The lowest BCUT2D eigenvalue weighted by molar-refractivity contribution is -0.107. The van der Waals surface area contributed by atoms with E-state index in [1.165, 1.54) is 0 Å². The lowest BCUT2D eigenvalue weighted by Gasteiger charge is -1.89. The summed E-state index contributed by atoms with van der Waals surface area (Å²) in [4.78, 5) is 19.5. The smallest absolute Gasteiger partial charge is 0.228 e. The van der Waals surface area contributed by atoms with Crippen LogP contribution in [0.25, 0.3) is 0 Å². The molecule has 9 heavy (non-hydrogen) atoms. The third kappa shape index (κ3) is 4.94. The number of carbonyl (C=O) groups is 1. The summed E-state index contributed by atoms with van der Waals surface area (Å²) in [7, 11) is 0. The number of carbonyl (C=O) groups excluding carboxylic acids is 2. The summed E-state index contributed by atoms with van der Waals surface area (Å²) in [5.74, 6) is 0. The van der Waals surface area contributed by atoms with E-state index in [1.807, 2.05) is 0 Å². The summed E-state index contributed by atoms with van der Waals surface area (Å²) >= 11 is 0. The van der Waals surface area contributed by atoms with Gasteiger partial charge < -0.3 is 4.79 Å². The van der Waals surface area contributed by atoms with Crippen LogP contribution in [0.3, 0.4) is 0 Å². The van der Waals surface area contributed by atoms with Gasteiger partial charge in [-0.2, -0.15) is 0 Å². The Morgan fingerprint density at radius 2 is 2.33 bits per heavy atom. The zero-order valence-corrected chi connectivity index (χ0v) is 5.22. The number of hydrogen-bond acceptors (Lipinski definition) is 2. The fraction of sp³-hybridized carbons (Fsp3) is 0.429. The van der Waals surface area contributed by atoms with Crippen molar-refractivity contribution in [1.82, 2.24) is 0 Å². The van der Waals surface area contributed by atoms with Crippen molar-refractivity contribution in [2.45, 2.75) is 19.3 Å². The van der Waals surface area contributed by atoms with Crippen LogP contribution in [0.5, 0.6) is 0 Å². The van der Waals surface area contributed by atoms with Gasteiger partial charge in [-0.15, -0.1) is 0 Å². The van der Waals surface area contributed by atoms with E-state index in [1.54, 1.807) is 6.29 Å². The minimum absolute atomic E-state index is 0.442. The highest BCUT2D eigenvalue weighted by Gasteiger charge is 1.90. The maximum atomic E-state index is 9.79. The van der Waals surface area contributed by atoms with Crippen molar-refractivity contribution in [1.29, 1.82) is 0 Å². The van der Waals surface area contributed by atoms with E-state index in [2.05, 4.69) is 6.58 Å². The minimum Gasteiger partial charge on any atom is -0.303 e. The third-order valence-electron chi connectivity index (χ3n) is 0.945. The van der Waals surface area contributed by atoms with Crippen LogP contribution in [0.1, 0.15) is 19.3 Å². The molecule has 49 valence electrons. The maximum absolute atomic E-state index is 9.79. The lowest BCUT2D eigenvalue weighted by atomic mass is 10.1. The van der Waals surface area contributed by atoms with Crippen molar-refractivity contribution in [2.75, 3.05) is 0 Å². The second kappa shape index (κ2) is 5.22. The normalized spacial score (nSPS) is 8.44. The minimum atomic E-state index is 0.442. The van der Waals surface area contributed by atoms with Crippen molar-refractivity contribution in [3.05, 3.63) is 12.2 Å². The number of allylic oxidation sites excluding steroid dienone is 1. The van der Waals surface area contributed by atoms with Crippen LogP contribution in [0.15, 0.2) is 12.2 Å². The van der Waals surface area contributed by atoms with E-state index in [-0.39, 0.29) is 0 Å². The molecule has 1 radical (unpaired) electrons. The molecule has 0 rings (SSSR count). The van der Waals surface area contributed by atoms with Crippen LogP contribution in [0, 0.1) is 0 Å². The Balaban J connectivity index is 3.16. The van der Waals surface area contributed by atoms with E-state index in [0.29, 0.717) is 24.8 Å². The third-order valence-corrected chi connectivity index (χ3v) is 0.945. The molecular weight excluding hydrogens is 116 g/mol. The SMILES string of the molecule is C=C([C]=O)CCCC=O. The predicted octanol–water partition coefficient (Wildman–Crippen LogP) is 1.02. The zero-order chi connectivity index (χ0) is 7.11. The van der Waals surface area contributed by atoms with Crippen LogP contribution < -0.4 is 0 Å². The summed E-state index contributed by atoms with van der Waals surface area (Å²) < 4.78 is 0. The predicted molar refractivity (Wildman–Crippen MR) is 34.7 cm³/mol. The molecule has 0 aromatic rings. The standard InChI is InChI=1S/C7H9O2/c1-7(6-9)4-2-3-5-8/h5H,1-4H2. The first-order valence-electron chi connectivity index (χ1n) is 2.81. The largest absolute Gasteiger partial charge is 0.303 e. The van der Waals surface area contributed by atoms with Crippen LogP contribution in [0.4, 0.5) is 0 Å². The summed E-state index contributed by atoms with van der Waals surface area (Å²) in [6.45, 7) is 3.41. The highest BCUT2D eigenvalue weighted by atomic mass is 16.1. The van der Waals surface area contributed by atoms with E-state index in [9.17, 15) is 9.59 Å². The van der Waals surface area contributed by atoms with Gasteiger partial charge >= 0.3 is 0 Å². The van der Waals surface area contributed by atoms with Crippen LogP contribution >= 0.6 is 0 Å². The van der Waals surface area contributed by atoms with Gasteiger partial charge in [0.2, 0.25) is 6.29 Å². The zero-order valence-electron chi connectivity index (χ0n) is 5.22. The Morgan fingerprint density at radius 3 is 2.78 bits per heavy atom. The van der Waals surface area contributed by atoms with Gasteiger partial charge in [0, 0.05) is 6.42 Å². The Morgan fingerprint density at radius 1 is 1.67 bits per heavy atom. The average molecular weight is 125 g/mol. The number of aldehydes is 1. The molecule has 0 aliphatic rings. The summed E-state index contributed by atoms with van der Waals surface area (Å²) in [6.07, 6.45) is 4.29. The Hall–Kier alpha value is -0.920. The van der Waals surface area contributed by atoms with Crippen LogP contribution in [0.2, 0.25) is 0 Å². The molecular formula is C7H9O2. The molecule has 0 spiro atoms. The fourth-order valence-electron chi connectivity index (χ4n) is 0.450. The molecule has 0 saturated heterocycles. The molecule has 0 N–H and O–H groups in total. The maximum Gasteiger partial charge on any atom is 0.228 e. The van der Waals surface area contributed by atoms with Crippen molar-refractivity contribution >= 4 is 12.6 Å². The van der Waals surface area contributed by atoms with Crippen LogP contribution in [-0.4, -0.2) is 12.6 Å².